The predicted molar refractivity (Wildman–Crippen MR) is 70.5 cm³/mol. The molecule has 2 aromatic rings. The van der Waals surface area contributed by atoms with E-state index in [0.717, 1.165) is 16.5 Å². The van der Waals surface area contributed by atoms with Crippen LogP contribution in [0.25, 0.3) is 10.1 Å². The Morgan fingerprint density at radius 3 is 2.94 bits per heavy atom. The van der Waals surface area contributed by atoms with Crippen molar-refractivity contribution in [3.05, 3.63) is 34.7 Å². The Kier molecular flexibility index (Phi) is 3.76. The van der Waals surface area contributed by atoms with Crippen molar-refractivity contribution in [3.8, 4) is 0 Å². The second-order valence-electron chi connectivity index (χ2n) is 3.74. The first kappa shape index (κ1) is 12.1. The van der Waals surface area contributed by atoms with Gasteiger partial charge in [0.15, 0.2) is 0 Å². The van der Waals surface area contributed by atoms with Crippen molar-refractivity contribution in [1.82, 2.24) is 0 Å². The first-order valence-corrected chi connectivity index (χ1v) is 6.46. The lowest BCUT2D eigenvalue weighted by Crippen LogP contribution is -2.02. The van der Waals surface area contributed by atoms with E-state index in [0.29, 0.717) is 18.0 Å². The van der Waals surface area contributed by atoms with Gasteiger partial charge in [0.05, 0.1) is 6.61 Å². The molecule has 0 aliphatic heterocycles. The third-order valence-corrected chi connectivity index (χ3v) is 3.59. The smallest absolute Gasteiger partial charge is 0.348 e. The molecule has 0 aliphatic rings. The Morgan fingerprint density at radius 2 is 2.24 bits per heavy atom. The van der Waals surface area contributed by atoms with Crippen molar-refractivity contribution in [2.75, 3.05) is 13.2 Å². The lowest BCUT2D eigenvalue weighted by atomic mass is 10.1. The molecule has 0 bridgehead atoms. The van der Waals surface area contributed by atoms with Gasteiger partial charge in [0.25, 0.3) is 0 Å². The Hall–Kier alpha value is -1.39. The van der Waals surface area contributed by atoms with Gasteiger partial charge in [-0.1, -0.05) is 12.1 Å². The van der Waals surface area contributed by atoms with Crippen LogP contribution in [0.4, 0.5) is 0 Å². The number of benzene rings is 1. The molecule has 3 nitrogen and oxygen atoms in total. The summed E-state index contributed by atoms with van der Waals surface area (Å²) in [6, 6.07) is 8.06. The van der Waals surface area contributed by atoms with Gasteiger partial charge in [0, 0.05) is 4.70 Å². The third kappa shape index (κ3) is 2.65. The molecule has 0 saturated carbocycles. The number of esters is 1. The van der Waals surface area contributed by atoms with Gasteiger partial charge in [-0.2, -0.15) is 0 Å². The summed E-state index contributed by atoms with van der Waals surface area (Å²) in [7, 11) is 0. The average molecular weight is 249 g/mol. The lowest BCUT2D eigenvalue weighted by Gasteiger charge is -1.97. The molecule has 1 heterocycles. The number of fused-ring (bicyclic) bond motifs is 1. The predicted octanol–water partition coefficient (Wildman–Crippen LogP) is 2.58. The summed E-state index contributed by atoms with van der Waals surface area (Å²) in [4.78, 5) is 12.3. The third-order valence-electron chi connectivity index (χ3n) is 2.49. The van der Waals surface area contributed by atoms with Gasteiger partial charge >= 0.3 is 5.97 Å². The molecule has 0 atom stereocenters. The van der Waals surface area contributed by atoms with E-state index in [2.05, 4.69) is 12.1 Å². The Morgan fingerprint density at radius 1 is 1.41 bits per heavy atom. The molecular formula is C13H15NO2S. The summed E-state index contributed by atoms with van der Waals surface area (Å²) in [5, 5.41) is 1.09. The molecule has 0 radical (unpaired) electrons. The molecule has 2 N–H and O–H groups in total. The maximum absolute atomic E-state index is 11.6. The SMILES string of the molecule is CCOC(=O)c1cc2cc(CCN)ccc2s1. The number of hydrogen-bond acceptors (Lipinski definition) is 4. The van der Waals surface area contributed by atoms with E-state index in [9.17, 15) is 4.79 Å². The zero-order valence-electron chi connectivity index (χ0n) is 9.73. The van der Waals surface area contributed by atoms with Gasteiger partial charge in [0.1, 0.15) is 4.88 Å². The van der Waals surface area contributed by atoms with Crippen molar-refractivity contribution in [2.24, 2.45) is 5.73 Å². The monoisotopic (exact) mass is 249 g/mol. The molecule has 17 heavy (non-hydrogen) atoms. The zero-order valence-corrected chi connectivity index (χ0v) is 10.5. The van der Waals surface area contributed by atoms with Crippen LogP contribution in [-0.2, 0) is 11.2 Å². The molecule has 0 saturated heterocycles. The minimum absolute atomic E-state index is 0.242. The summed E-state index contributed by atoms with van der Waals surface area (Å²) < 4.78 is 6.09. The molecule has 0 amide bonds. The fourth-order valence-corrected chi connectivity index (χ4v) is 2.65. The molecule has 0 spiro atoms. The van der Waals surface area contributed by atoms with E-state index < -0.39 is 0 Å². The first-order chi connectivity index (χ1) is 8.24. The van der Waals surface area contributed by atoms with Crippen molar-refractivity contribution in [3.63, 3.8) is 0 Å². The summed E-state index contributed by atoms with van der Waals surface area (Å²) in [6.45, 7) is 2.86. The number of ether oxygens (including phenoxy) is 1. The number of rotatable bonds is 4. The fourth-order valence-electron chi connectivity index (χ4n) is 1.72. The van der Waals surface area contributed by atoms with Crippen LogP contribution in [0.2, 0.25) is 0 Å². The summed E-state index contributed by atoms with van der Waals surface area (Å²) >= 11 is 1.47. The first-order valence-electron chi connectivity index (χ1n) is 5.64. The van der Waals surface area contributed by atoms with Gasteiger partial charge < -0.3 is 10.5 Å². The highest BCUT2D eigenvalue weighted by Gasteiger charge is 2.11. The quantitative estimate of drug-likeness (QED) is 0.847. The van der Waals surface area contributed by atoms with Crippen molar-refractivity contribution >= 4 is 27.4 Å². The molecule has 1 aromatic heterocycles. The van der Waals surface area contributed by atoms with Crippen LogP contribution in [0.15, 0.2) is 24.3 Å². The normalized spacial score (nSPS) is 10.7. The Bertz CT molecular complexity index is 533. The minimum atomic E-state index is -0.242. The second kappa shape index (κ2) is 5.29. The molecule has 0 aliphatic carbocycles. The van der Waals surface area contributed by atoms with Gasteiger partial charge in [-0.15, -0.1) is 11.3 Å². The second-order valence-corrected chi connectivity index (χ2v) is 4.83. The van der Waals surface area contributed by atoms with Crippen LogP contribution in [-0.4, -0.2) is 19.1 Å². The maximum Gasteiger partial charge on any atom is 0.348 e. The lowest BCUT2D eigenvalue weighted by molar-refractivity contribution is 0.0532. The molecular weight excluding hydrogens is 234 g/mol. The number of carbonyl (C=O) groups excluding carboxylic acids is 1. The van der Waals surface area contributed by atoms with Crippen LogP contribution < -0.4 is 5.73 Å². The van der Waals surface area contributed by atoms with Crippen LogP contribution in [0, 0.1) is 0 Å². The topological polar surface area (TPSA) is 52.3 Å². The number of carbonyl (C=O) groups is 1. The van der Waals surface area contributed by atoms with Crippen LogP contribution in [0.5, 0.6) is 0 Å². The molecule has 4 heteroatoms. The standard InChI is InChI=1S/C13H15NO2S/c1-2-16-13(15)12-8-10-7-9(5-6-14)3-4-11(10)17-12/h3-4,7-8H,2,5-6,14H2,1H3. The Balaban J connectivity index is 2.33. The van der Waals surface area contributed by atoms with Crippen molar-refractivity contribution in [2.45, 2.75) is 13.3 Å². The van der Waals surface area contributed by atoms with E-state index in [1.165, 1.54) is 16.9 Å². The molecule has 0 unspecified atom stereocenters. The molecule has 90 valence electrons. The highest BCUT2D eigenvalue weighted by molar-refractivity contribution is 7.20. The van der Waals surface area contributed by atoms with Crippen LogP contribution in [0.1, 0.15) is 22.2 Å². The molecule has 0 fully saturated rings. The zero-order chi connectivity index (χ0) is 12.3. The summed E-state index contributed by atoms with van der Waals surface area (Å²) in [5.41, 5.74) is 6.73. The fraction of sp³-hybridized carbons (Fsp3) is 0.308. The largest absolute Gasteiger partial charge is 0.462 e. The number of nitrogens with two attached hydrogens (primary N) is 1. The van der Waals surface area contributed by atoms with Gasteiger partial charge in [0.2, 0.25) is 0 Å². The van der Waals surface area contributed by atoms with E-state index in [4.69, 9.17) is 10.5 Å². The minimum Gasteiger partial charge on any atom is -0.462 e. The summed E-state index contributed by atoms with van der Waals surface area (Å²) in [5.74, 6) is -0.242. The number of thiophene rings is 1. The van der Waals surface area contributed by atoms with E-state index in [-0.39, 0.29) is 5.97 Å². The molecule has 2 rings (SSSR count). The average Bonchev–Trinajstić information content (AvgIpc) is 2.73. The van der Waals surface area contributed by atoms with E-state index in [1.807, 2.05) is 19.1 Å². The highest BCUT2D eigenvalue weighted by atomic mass is 32.1. The van der Waals surface area contributed by atoms with E-state index in [1.54, 1.807) is 0 Å². The van der Waals surface area contributed by atoms with Crippen molar-refractivity contribution in [1.29, 1.82) is 0 Å². The van der Waals surface area contributed by atoms with E-state index >= 15 is 0 Å². The van der Waals surface area contributed by atoms with Gasteiger partial charge in [-0.25, -0.2) is 4.79 Å². The van der Waals surface area contributed by atoms with Crippen LogP contribution >= 0.6 is 11.3 Å². The highest BCUT2D eigenvalue weighted by Crippen LogP contribution is 2.27. The number of hydrogen-bond donors (Lipinski definition) is 1. The van der Waals surface area contributed by atoms with Gasteiger partial charge in [-0.3, -0.25) is 0 Å². The molecule has 1 aromatic carbocycles. The van der Waals surface area contributed by atoms with Gasteiger partial charge in [-0.05, 0) is 43.0 Å². The summed E-state index contributed by atoms with van der Waals surface area (Å²) in [6.07, 6.45) is 0.862. The maximum atomic E-state index is 11.6. The Labute approximate surface area is 104 Å². The van der Waals surface area contributed by atoms with Crippen LogP contribution in [0.3, 0.4) is 0 Å². The van der Waals surface area contributed by atoms with Crippen molar-refractivity contribution < 1.29 is 9.53 Å².